The van der Waals surface area contributed by atoms with E-state index in [1.165, 1.54) is 0 Å². The van der Waals surface area contributed by atoms with Gasteiger partial charge in [0.15, 0.2) is 6.29 Å². The van der Waals surface area contributed by atoms with Crippen molar-refractivity contribution >= 4 is 29.6 Å². The van der Waals surface area contributed by atoms with Crippen LogP contribution in [0.2, 0.25) is 5.02 Å². The molecule has 7 heteroatoms. The van der Waals surface area contributed by atoms with Crippen molar-refractivity contribution in [3.63, 3.8) is 0 Å². The largest absolute Gasteiger partial charge is 0.326 e. The lowest BCUT2D eigenvalue weighted by Crippen LogP contribution is -2.26. The van der Waals surface area contributed by atoms with Gasteiger partial charge in [-0.25, -0.2) is 4.79 Å². The van der Waals surface area contributed by atoms with Gasteiger partial charge in [-0.1, -0.05) is 23.4 Å². The van der Waals surface area contributed by atoms with Crippen LogP contribution in [0.25, 0.3) is 0 Å². The fourth-order valence-electron chi connectivity index (χ4n) is 1.28. The molecule has 2 aromatic rings. The van der Waals surface area contributed by atoms with Crippen LogP contribution in [0.15, 0.2) is 43.8 Å². The zero-order chi connectivity index (χ0) is 13.1. The number of aromatic nitrogens is 2. The summed E-state index contributed by atoms with van der Waals surface area (Å²) in [6.07, 6.45) is 0.410. The summed E-state index contributed by atoms with van der Waals surface area (Å²) in [5.74, 6) is 0. The van der Waals surface area contributed by atoms with Crippen molar-refractivity contribution in [2.75, 3.05) is 0 Å². The van der Waals surface area contributed by atoms with Gasteiger partial charge in [-0.15, -0.1) is 0 Å². The van der Waals surface area contributed by atoms with E-state index in [1.54, 1.807) is 24.3 Å². The first-order chi connectivity index (χ1) is 8.60. The van der Waals surface area contributed by atoms with Crippen LogP contribution in [0.4, 0.5) is 0 Å². The Morgan fingerprint density at radius 3 is 2.39 bits per heavy atom. The van der Waals surface area contributed by atoms with Crippen LogP contribution in [-0.4, -0.2) is 16.3 Å². The molecule has 0 unspecified atom stereocenters. The lowest BCUT2D eigenvalue weighted by Gasteiger charge is -2.03. The van der Waals surface area contributed by atoms with Crippen LogP contribution >= 0.6 is 23.4 Å². The van der Waals surface area contributed by atoms with E-state index in [4.69, 9.17) is 11.6 Å². The van der Waals surface area contributed by atoms with Gasteiger partial charge in [0.25, 0.3) is 5.56 Å². The third-order valence-electron chi connectivity index (χ3n) is 2.09. The highest BCUT2D eigenvalue weighted by Crippen LogP contribution is 2.27. The first-order valence-corrected chi connectivity index (χ1v) is 6.05. The number of hydrogen-bond acceptors (Lipinski definition) is 4. The number of carbonyl (C=O) groups is 1. The third-order valence-corrected chi connectivity index (χ3v) is 3.38. The molecular formula is C11H7ClN2O3S. The molecule has 5 nitrogen and oxygen atoms in total. The van der Waals surface area contributed by atoms with Gasteiger partial charge in [0, 0.05) is 9.92 Å². The normalized spacial score (nSPS) is 10.3. The molecular weight excluding hydrogens is 276 g/mol. The molecule has 0 atom stereocenters. The molecule has 2 N–H and O–H groups in total. The minimum Gasteiger partial charge on any atom is -0.301 e. The second-order valence-corrected chi connectivity index (χ2v) is 4.85. The van der Waals surface area contributed by atoms with Gasteiger partial charge in [0.1, 0.15) is 5.56 Å². The number of aldehydes is 1. The van der Waals surface area contributed by atoms with Crippen molar-refractivity contribution in [3.05, 3.63) is 55.7 Å². The topological polar surface area (TPSA) is 82.8 Å². The zero-order valence-electron chi connectivity index (χ0n) is 8.90. The van der Waals surface area contributed by atoms with Crippen LogP contribution in [0.1, 0.15) is 10.4 Å². The van der Waals surface area contributed by atoms with Crippen LogP contribution in [0.3, 0.4) is 0 Å². The van der Waals surface area contributed by atoms with E-state index >= 15 is 0 Å². The van der Waals surface area contributed by atoms with E-state index in [-0.39, 0.29) is 10.6 Å². The van der Waals surface area contributed by atoms with Crippen molar-refractivity contribution in [2.45, 2.75) is 9.92 Å². The average molecular weight is 283 g/mol. The lowest BCUT2D eigenvalue weighted by atomic mass is 10.4. The highest BCUT2D eigenvalue weighted by Gasteiger charge is 2.09. The lowest BCUT2D eigenvalue weighted by molar-refractivity contribution is 0.111. The summed E-state index contributed by atoms with van der Waals surface area (Å²) in [4.78, 5) is 38.5. The van der Waals surface area contributed by atoms with Crippen molar-refractivity contribution in [1.29, 1.82) is 0 Å². The molecule has 1 heterocycles. The Bertz CT molecular complexity index is 691. The molecule has 92 valence electrons. The molecule has 0 aliphatic heterocycles. The molecule has 18 heavy (non-hydrogen) atoms. The van der Waals surface area contributed by atoms with E-state index in [1.807, 2.05) is 4.98 Å². The van der Waals surface area contributed by atoms with Gasteiger partial charge in [0.2, 0.25) is 0 Å². The Morgan fingerprint density at radius 1 is 1.11 bits per heavy atom. The van der Waals surface area contributed by atoms with Gasteiger partial charge in [0.05, 0.1) is 5.03 Å². The number of hydrogen-bond donors (Lipinski definition) is 2. The first-order valence-electron chi connectivity index (χ1n) is 4.85. The summed E-state index contributed by atoms with van der Waals surface area (Å²) in [5.41, 5.74) is -1.46. The monoisotopic (exact) mass is 282 g/mol. The predicted molar refractivity (Wildman–Crippen MR) is 68.6 cm³/mol. The van der Waals surface area contributed by atoms with E-state index in [2.05, 4.69) is 4.98 Å². The van der Waals surface area contributed by atoms with E-state index in [9.17, 15) is 14.4 Å². The number of H-pyrrole nitrogens is 2. The summed E-state index contributed by atoms with van der Waals surface area (Å²) in [5, 5.41) is 0.787. The molecule has 0 amide bonds. The molecule has 0 radical (unpaired) electrons. The van der Waals surface area contributed by atoms with Gasteiger partial charge in [-0.3, -0.25) is 14.6 Å². The summed E-state index contributed by atoms with van der Waals surface area (Å²) in [6, 6.07) is 6.80. The van der Waals surface area contributed by atoms with Crippen molar-refractivity contribution in [3.8, 4) is 0 Å². The quantitative estimate of drug-likeness (QED) is 0.663. The number of carbonyl (C=O) groups excluding carboxylic acids is 1. The molecule has 1 aromatic heterocycles. The number of rotatable bonds is 3. The zero-order valence-corrected chi connectivity index (χ0v) is 10.5. The Labute approximate surface area is 110 Å². The van der Waals surface area contributed by atoms with Crippen LogP contribution in [0.5, 0.6) is 0 Å². The predicted octanol–water partition coefficient (Wildman–Crippen LogP) is 1.68. The number of nitrogens with one attached hydrogen (secondary N) is 2. The molecule has 0 fully saturated rings. The van der Waals surface area contributed by atoms with Crippen molar-refractivity contribution < 1.29 is 4.79 Å². The third kappa shape index (κ3) is 2.72. The number of halogens is 1. The minimum atomic E-state index is -0.704. The summed E-state index contributed by atoms with van der Waals surface area (Å²) < 4.78 is 0. The first kappa shape index (κ1) is 12.7. The van der Waals surface area contributed by atoms with Crippen molar-refractivity contribution in [2.24, 2.45) is 0 Å². The van der Waals surface area contributed by atoms with Crippen LogP contribution in [-0.2, 0) is 0 Å². The second kappa shape index (κ2) is 5.24. The SMILES string of the molecule is O=Cc1c(Sc2ccc(Cl)cc2)[nH]c(=O)[nH]c1=O. The maximum absolute atomic E-state index is 11.4. The highest BCUT2D eigenvalue weighted by atomic mass is 35.5. The Kier molecular flexibility index (Phi) is 3.69. The fourth-order valence-corrected chi connectivity index (χ4v) is 2.31. The molecule has 2 rings (SSSR count). The van der Waals surface area contributed by atoms with Crippen LogP contribution < -0.4 is 11.2 Å². The minimum absolute atomic E-state index is 0.102. The van der Waals surface area contributed by atoms with Gasteiger partial charge < -0.3 is 4.98 Å². The van der Waals surface area contributed by atoms with Crippen LogP contribution in [0, 0.1) is 0 Å². The smallest absolute Gasteiger partial charge is 0.301 e. The molecule has 0 saturated heterocycles. The Morgan fingerprint density at radius 2 is 1.78 bits per heavy atom. The number of aromatic amines is 2. The van der Waals surface area contributed by atoms with Gasteiger partial charge >= 0.3 is 5.69 Å². The van der Waals surface area contributed by atoms with Gasteiger partial charge in [-0.2, -0.15) is 0 Å². The Hall–Kier alpha value is -1.79. The van der Waals surface area contributed by atoms with E-state index in [0.717, 1.165) is 16.7 Å². The highest BCUT2D eigenvalue weighted by molar-refractivity contribution is 7.99. The molecule has 0 bridgehead atoms. The molecule has 0 spiro atoms. The Balaban J connectivity index is 2.45. The average Bonchev–Trinajstić information content (AvgIpc) is 2.32. The van der Waals surface area contributed by atoms with E-state index in [0.29, 0.717) is 11.3 Å². The maximum Gasteiger partial charge on any atom is 0.326 e. The standard InChI is InChI=1S/C11H7ClN2O3S/c12-6-1-3-7(4-2-6)18-10-8(5-15)9(16)13-11(17)14-10/h1-5H,(H2,13,14,16,17). The van der Waals surface area contributed by atoms with Gasteiger partial charge in [-0.05, 0) is 24.3 Å². The number of benzene rings is 1. The summed E-state index contributed by atoms with van der Waals surface area (Å²) in [7, 11) is 0. The summed E-state index contributed by atoms with van der Waals surface area (Å²) in [6.45, 7) is 0. The second-order valence-electron chi connectivity index (χ2n) is 3.32. The van der Waals surface area contributed by atoms with Crippen molar-refractivity contribution in [1.82, 2.24) is 9.97 Å². The molecule has 0 saturated carbocycles. The molecule has 0 aliphatic carbocycles. The maximum atomic E-state index is 11.4. The van der Waals surface area contributed by atoms with E-state index < -0.39 is 11.2 Å². The fraction of sp³-hybridized carbons (Fsp3) is 0. The summed E-state index contributed by atoms with van der Waals surface area (Å²) >= 11 is 6.86. The molecule has 0 aliphatic rings. The molecule has 1 aromatic carbocycles.